The van der Waals surface area contributed by atoms with Gasteiger partial charge in [0.15, 0.2) is 0 Å². The minimum absolute atomic E-state index is 0.357. The number of nitrogens with one attached hydrogen (secondary N) is 1. The Balaban J connectivity index is 2.35. The molecule has 0 aromatic heterocycles. The molecular weight excluding hydrogens is 262 g/mol. The summed E-state index contributed by atoms with van der Waals surface area (Å²) in [5.74, 6) is 0.779. The van der Waals surface area contributed by atoms with Crippen molar-refractivity contribution < 1.29 is 0 Å². The van der Waals surface area contributed by atoms with E-state index in [-0.39, 0.29) is 0 Å². The van der Waals surface area contributed by atoms with E-state index in [1.165, 1.54) is 29.3 Å². The van der Waals surface area contributed by atoms with Gasteiger partial charge in [-0.15, -0.1) is 0 Å². The van der Waals surface area contributed by atoms with Gasteiger partial charge in [0.2, 0.25) is 0 Å². The molecule has 0 bridgehead atoms. The smallest absolute Gasteiger partial charge is 0.0175 e. The molecule has 1 fully saturated rings. The number of benzene rings is 1. The number of hydrogen-bond acceptors (Lipinski definition) is 1. The lowest BCUT2D eigenvalue weighted by Crippen LogP contribution is -2.39. The van der Waals surface area contributed by atoms with Gasteiger partial charge in [-0.05, 0) is 43.5 Å². The lowest BCUT2D eigenvalue weighted by atomic mass is 9.73. The van der Waals surface area contributed by atoms with Gasteiger partial charge in [-0.1, -0.05) is 41.4 Å². The Morgan fingerprint density at radius 1 is 1.38 bits per heavy atom. The van der Waals surface area contributed by atoms with E-state index < -0.39 is 0 Å². The third kappa shape index (κ3) is 2.05. The van der Waals surface area contributed by atoms with Gasteiger partial charge in [0, 0.05) is 16.4 Å². The topological polar surface area (TPSA) is 12.0 Å². The van der Waals surface area contributed by atoms with Crippen LogP contribution in [0.3, 0.4) is 0 Å². The molecule has 16 heavy (non-hydrogen) atoms. The molecule has 1 nitrogen and oxygen atoms in total. The van der Waals surface area contributed by atoms with E-state index in [4.69, 9.17) is 0 Å². The highest BCUT2D eigenvalue weighted by atomic mass is 79.9. The minimum Gasteiger partial charge on any atom is -0.319 e. The van der Waals surface area contributed by atoms with Crippen LogP contribution in [0.1, 0.15) is 31.7 Å². The molecule has 88 valence electrons. The fourth-order valence-electron chi connectivity index (χ4n) is 3.14. The van der Waals surface area contributed by atoms with E-state index in [1.54, 1.807) is 0 Å². The first-order valence-corrected chi connectivity index (χ1v) is 6.89. The van der Waals surface area contributed by atoms with Gasteiger partial charge in [0.05, 0.1) is 0 Å². The largest absolute Gasteiger partial charge is 0.319 e. The fourth-order valence-corrected chi connectivity index (χ4v) is 3.40. The van der Waals surface area contributed by atoms with Crippen LogP contribution in [0.25, 0.3) is 0 Å². The Kier molecular flexibility index (Phi) is 3.70. The first kappa shape index (κ1) is 12.1. The Hall–Kier alpha value is -0.340. The maximum Gasteiger partial charge on any atom is 0.0175 e. The molecule has 0 aliphatic heterocycles. The van der Waals surface area contributed by atoms with Crippen LogP contribution in [0, 0.1) is 5.92 Å². The van der Waals surface area contributed by atoms with Gasteiger partial charge in [-0.25, -0.2) is 0 Å². The van der Waals surface area contributed by atoms with Gasteiger partial charge in [-0.2, -0.15) is 0 Å². The SMILES string of the molecule is CNCC1(c2ccc(Br)cc2)CCCC1C. The maximum atomic E-state index is 3.51. The van der Waals surface area contributed by atoms with Crippen molar-refractivity contribution in [3.63, 3.8) is 0 Å². The first-order chi connectivity index (χ1) is 7.69. The van der Waals surface area contributed by atoms with E-state index in [0.29, 0.717) is 5.41 Å². The second kappa shape index (κ2) is 4.89. The highest BCUT2D eigenvalue weighted by Crippen LogP contribution is 2.45. The van der Waals surface area contributed by atoms with Crippen molar-refractivity contribution in [3.05, 3.63) is 34.3 Å². The predicted molar refractivity (Wildman–Crippen MR) is 72.8 cm³/mol. The highest BCUT2D eigenvalue weighted by Gasteiger charge is 2.40. The quantitative estimate of drug-likeness (QED) is 0.890. The van der Waals surface area contributed by atoms with E-state index in [9.17, 15) is 0 Å². The third-order valence-corrected chi connectivity index (χ3v) is 4.64. The van der Waals surface area contributed by atoms with E-state index in [0.717, 1.165) is 12.5 Å². The summed E-state index contributed by atoms with van der Waals surface area (Å²) in [4.78, 5) is 0. The van der Waals surface area contributed by atoms with Crippen LogP contribution >= 0.6 is 15.9 Å². The third-order valence-electron chi connectivity index (χ3n) is 4.11. The van der Waals surface area contributed by atoms with Gasteiger partial charge >= 0.3 is 0 Å². The van der Waals surface area contributed by atoms with Gasteiger partial charge < -0.3 is 5.32 Å². The van der Waals surface area contributed by atoms with Crippen LogP contribution in [0.5, 0.6) is 0 Å². The summed E-state index contributed by atoms with van der Waals surface area (Å²) in [7, 11) is 2.06. The van der Waals surface area contributed by atoms with Crippen LogP contribution in [0.4, 0.5) is 0 Å². The molecule has 0 amide bonds. The van der Waals surface area contributed by atoms with Crippen LogP contribution in [-0.4, -0.2) is 13.6 Å². The number of likely N-dealkylation sites (N-methyl/N-ethyl adjacent to an activating group) is 1. The number of halogens is 1. The zero-order valence-corrected chi connectivity index (χ0v) is 11.7. The molecule has 1 aliphatic rings. The molecule has 2 atom stereocenters. The molecule has 0 heterocycles. The molecule has 1 N–H and O–H groups in total. The number of hydrogen-bond donors (Lipinski definition) is 1. The molecule has 0 radical (unpaired) electrons. The second-order valence-corrected chi connectivity index (χ2v) is 5.90. The van der Waals surface area contributed by atoms with Crippen LogP contribution in [-0.2, 0) is 5.41 Å². The maximum absolute atomic E-state index is 3.51. The van der Waals surface area contributed by atoms with Crippen LogP contribution in [0.2, 0.25) is 0 Å². The summed E-state index contributed by atoms with van der Waals surface area (Å²) in [6.45, 7) is 3.49. The summed E-state index contributed by atoms with van der Waals surface area (Å²) in [5.41, 5.74) is 1.85. The van der Waals surface area contributed by atoms with Crippen molar-refractivity contribution in [1.29, 1.82) is 0 Å². The highest BCUT2D eigenvalue weighted by molar-refractivity contribution is 9.10. The lowest BCUT2D eigenvalue weighted by Gasteiger charge is -2.34. The van der Waals surface area contributed by atoms with Crippen molar-refractivity contribution >= 4 is 15.9 Å². The van der Waals surface area contributed by atoms with E-state index in [1.807, 2.05) is 0 Å². The Labute approximate surface area is 107 Å². The second-order valence-electron chi connectivity index (χ2n) is 4.99. The normalized spacial score (nSPS) is 29.6. The standard InChI is InChI=1S/C14H20BrN/c1-11-4-3-9-14(11,10-16-2)12-5-7-13(15)8-6-12/h5-8,11,16H,3-4,9-10H2,1-2H3. The number of rotatable bonds is 3. The fraction of sp³-hybridized carbons (Fsp3) is 0.571. The molecule has 0 saturated heterocycles. The molecule has 2 rings (SSSR count). The molecular formula is C14H20BrN. The Morgan fingerprint density at radius 3 is 2.56 bits per heavy atom. The summed E-state index contributed by atoms with van der Waals surface area (Å²) < 4.78 is 1.17. The Morgan fingerprint density at radius 2 is 2.06 bits per heavy atom. The lowest BCUT2D eigenvalue weighted by molar-refractivity contribution is 0.326. The zero-order valence-electron chi connectivity index (χ0n) is 10.1. The molecule has 2 heteroatoms. The van der Waals surface area contributed by atoms with Gasteiger partial charge in [-0.3, -0.25) is 0 Å². The first-order valence-electron chi connectivity index (χ1n) is 6.10. The van der Waals surface area contributed by atoms with E-state index >= 15 is 0 Å². The van der Waals surface area contributed by atoms with Crippen LogP contribution < -0.4 is 5.32 Å². The average Bonchev–Trinajstić information content (AvgIpc) is 2.63. The Bertz CT molecular complexity index is 346. The summed E-state index contributed by atoms with van der Waals surface area (Å²) in [5, 5.41) is 3.38. The van der Waals surface area contributed by atoms with Crippen molar-refractivity contribution in [2.75, 3.05) is 13.6 Å². The summed E-state index contributed by atoms with van der Waals surface area (Å²) >= 11 is 3.51. The molecule has 1 aliphatic carbocycles. The molecule has 2 unspecified atom stereocenters. The molecule has 0 spiro atoms. The summed E-state index contributed by atoms with van der Waals surface area (Å²) in [6.07, 6.45) is 4.04. The predicted octanol–water partition coefficient (Wildman–Crippen LogP) is 3.73. The monoisotopic (exact) mass is 281 g/mol. The molecule has 1 saturated carbocycles. The molecule has 1 aromatic rings. The van der Waals surface area contributed by atoms with Crippen molar-refractivity contribution in [3.8, 4) is 0 Å². The average molecular weight is 282 g/mol. The molecule has 1 aromatic carbocycles. The van der Waals surface area contributed by atoms with Gasteiger partial charge in [0.1, 0.15) is 0 Å². The van der Waals surface area contributed by atoms with Crippen molar-refractivity contribution in [2.24, 2.45) is 5.92 Å². The van der Waals surface area contributed by atoms with Crippen molar-refractivity contribution in [2.45, 2.75) is 31.6 Å². The van der Waals surface area contributed by atoms with Crippen LogP contribution in [0.15, 0.2) is 28.7 Å². The van der Waals surface area contributed by atoms with Gasteiger partial charge in [0.25, 0.3) is 0 Å². The van der Waals surface area contributed by atoms with Crippen molar-refractivity contribution in [1.82, 2.24) is 5.32 Å². The zero-order chi connectivity index (χ0) is 11.6. The summed E-state index contributed by atoms with van der Waals surface area (Å²) in [6, 6.07) is 8.89. The minimum atomic E-state index is 0.357. The van der Waals surface area contributed by atoms with E-state index in [2.05, 4.69) is 59.5 Å².